The number of rotatable bonds is 4. The molecule has 24 heavy (non-hydrogen) atoms. The van der Waals surface area contributed by atoms with Crippen LogP contribution in [0.1, 0.15) is 10.4 Å². The molecule has 1 N–H and O–H groups in total. The molecule has 1 aromatic carbocycles. The summed E-state index contributed by atoms with van der Waals surface area (Å²) in [6.45, 7) is 2.99. The number of imidazole rings is 1. The van der Waals surface area contributed by atoms with Gasteiger partial charge in [0.25, 0.3) is 5.91 Å². The molecule has 2 aliphatic rings. The van der Waals surface area contributed by atoms with E-state index >= 15 is 0 Å². The highest BCUT2D eigenvalue weighted by atomic mass is 16.5. The Hall–Kier alpha value is -2.67. The molecule has 4 rings (SSSR count). The van der Waals surface area contributed by atoms with Crippen molar-refractivity contribution in [1.82, 2.24) is 19.8 Å². The lowest BCUT2D eigenvalue weighted by molar-refractivity contribution is -0.194. The lowest BCUT2D eigenvalue weighted by Gasteiger charge is -2.54. The monoisotopic (exact) mass is 326 g/mol. The van der Waals surface area contributed by atoms with Crippen LogP contribution in [-0.4, -0.2) is 59.1 Å². The third-order valence-corrected chi connectivity index (χ3v) is 4.55. The van der Waals surface area contributed by atoms with Crippen LogP contribution in [0.3, 0.4) is 0 Å². The SMILES string of the molecule is O=C(NCC(=O)N1CC2(COC2)C1)c1ccc(-n2ccnc2)cc1. The van der Waals surface area contributed by atoms with E-state index in [1.165, 1.54) is 0 Å². The summed E-state index contributed by atoms with van der Waals surface area (Å²) in [5, 5.41) is 2.68. The highest BCUT2D eigenvalue weighted by Crippen LogP contribution is 2.37. The van der Waals surface area contributed by atoms with Crippen molar-refractivity contribution in [3.05, 3.63) is 48.5 Å². The lowest BCUT2D eigenvalue weighted by atomic mass is 9.78. The van der Waals surface area contributed by atoms with Crippen molar-refractivity contribution in [1.29, 1.82) is 0 Å². The van der Waals surface area contributed by atoms with Crippen LogP contribution < -0.4 is 5.32 Å². The molecule has 7 heteroatoms. The van der Waals surface area contributed by atoms with Crippen LogP contribution in [0.5, 0.6) is 0 Å². The van der Waals surface area contributed by atoms with Gasteiger partial charge in [-0.3, -0.25) is 9.59 Å². The van der Waals surface area contributed by atoms with Crippen molar-refractivity contribution in [2.75, 3.05) is 32.8 Å². The summed E-state index contributed by atoms with van der Waals surface area (Å²) in [5.74, 6) is -0.293. The summed E-state index contributed by atoms with van der Waals surface area (Å²) in [4.78, 5) is 30.0. The van der Waals surface area contributed by atoms with Gasteiger partial charge in [-0.25, -0.2) is 4.98 Å². The zero-order valence-corrected chi connectivity index (χ0v) is 13.1. The van der Waals surface area contributed by atoms with Crippen LogP contribution in [0.15, 0.2) is 43.0 Å². The maximum absolute atomic E-state index is 12.1. The van der Waals surface area contributed by atoms with Gasteiger partial charge in [0.15, 0.2) is 0 Å². The second-order valence-corrected chi connectivity index (χ2v) is 6.44. The number of carbonyl (C=O) groups excluding carboxylic acids is 2. The molecule has 0 aliphatic carbocycles. The van der Waals surface area contributed by atoms with E-state index in [0.29, 0.717) is 5.56 Å². The largest absolute Gasteiger partial charge is 0.380 e. The van der Waals surface area contributed by atoms with Gasteiger partial charge in [0.2, 0.25) is 5.91 Å². The van der Waals surface area contributed by atoms with Gasteiger partial charge in [0.1, 0.15) is 0 Å². The number of amides is 2. The second kappa shape index (κ2) is 5.76. The highest BCUT2D eigenvalue weighted by Gasteiger charge is 2.50. The second-order valence-electron chi connectivity index (χ2n) is 6.44. The number of benzene rings is 1. The normalized spacial score (nSPS) is 17.9. The minimum atomic E-state index is -0.247. The number of hydrogen-bond donors (Lipinski definition) is 1. The third kappa shape index (κ3) is 2.67. The van der Waals surface area contributed by atoms with Crippen molar-refractivity contribution in [3.8, 4) is 5.69 Å². The lowest BCUT2D eigenvalue weighted by Crippen LogP contribution is -2.68. The van der Waals surface area contributed by atoms with Crippen LogP contribution in [0.4, 0.5) is 0 Å². The van der Waals surface area contributed by atoms with Crippen molar-refractivity contribution in [2.45, 2.75) is 0 Å². The maximum Gasteiger partial charge on any atom is 0.251 e. The summed E-state index contributed by atoms with van der Waals surface area (Å²) in [6, 6.07) is 7.15. The molecule has 0 bridgehead atoms. The maximum atomic E-state index is 12.1. The molecular formula is C17H18N4O3. The van der Waals surface area contributed by atoms with E-state index in [1.54, 1.807) is 29.6 Å². The van der Waals surface area contributed by atoms with E-state index in [2.05, 4.69) is 10.3 Å². The van der Waals surface area contributed by atoms with E-state index in [-0.39, 0.29) is 23.8 Å². The standard InChI is InChI=1S/C17H18N4O3/c22-15(21-8-17(9-21)10-24-11-17)7-19-16(23)13-1-3-14(4-2-13)20-6-5-18-12-20/h1-6,12H,7-11H2,(H,19,23). The number of aromatic nitrogens is 2. The molecule has 1 spiro atoms. The first-order chi connectivity index (χ1) is 11.7. The van der Waals surface area contributed by atoms with Crippen LogP contribution in [0.25, 0.3) is 5.69 Å². The zero-order chi connectivity index (χ0) is 16.6. The molecule has 3 heterocycles. The van der Waals surface area contributed by atoms with Crippen molar-refractivity contribution >= 4 is 11.8 Å². The fourth-order valence-electron chi connectivity index (χ4n) is 3.08. The van der Waals surface area contributed by atoms with E-state index in [4.69, 9.17) is 4.74 Å². The summed E-state index contributed by atoms with van der Waals surface area (Å²) in [5.41, 5.74) is 1.65. The number of nitrogens with zero attached hydrogens (tertiary/aromatic N) is 3. The van der Waals surface area contributed by atoms with Gasteiger partial charge in [-0.1, -0.05) is 0 Å². The number of ether oxygens (including phenoxy) is 1. The van der Waals surface area contributed by atoms with Crippen molar-refractivity contribution < 1.29 is 14.3 Å². The Labute approximate surface area is 139 Å². The van der Waals surface area contributed by atoms with Gasteiger partial charge >= 0.3 is 0 Å². The molecule has 2 aromatic rings. The molecule has 7 nitrogen and oxygen atoms in total. The van der Waals surface area contributed by atoms with Gasteiger partial charge in [-0.15, -0.1) is 0 Å². The summed E-state index contributed by atoms with van der Waals surface area (Å²) >= 11 is 0. The molecular weight excluding hydrogens is 308 g/mol. The molecule has 0 radical (unpaired) electrons. The molecule has 0 saturated carbocycles. The molecule has 0 atom stereocenters. The molecule has 2 fully saturated rings. The highest BCUT2D eigenvalue weighted by molar-refractivity contribution is 5.96. The summed E-state index contributed by atoms with van der Waals surface area (Å²) in [6.07, 6.45) is 5.23. The first kappa shape index (κ1) is 14.9. The van der Waals surface area contributed by atoms with Crippen LogP contribution >= 0.6 is 0 Å². The first-order valence-corrected chi connectivity index (χ1v) is 7.87. The number of carbonyl (C=O) groups is 2. The van der Waals surface area contributed by atoms with E-state index in [9.17, 15) is 9.59 Å². The molecule has 2 amide bonds. The molecule has 1 aromatic heterocycles. The molecule has 2 aliphatic heterocycles. The van der Waals surface area contributed by atoms with E-state index in [0.717, 1.165) is 32.0 Å². The smallest absolute Gasteiger partial charge is 0.251 e. The average molecular weight is 326 g/mol. The van der Waals surface area contributed by atoms with Crippen LogP contribution in [0.2, 0.25) is 0 Å². The molecule has 2 saturated heterocycles. The molecule has 0 unspecified atom stereocenters. The topological polar surface area (TPSA) is 76.5 Å². The van der Waals surface area contributed by atoms with Crippen molar-refractivity contribution in [3.63, 3.8) is 0 Å². The van der Waals surface area contributed by atoms with Crippen LogP contribution in [-0.2, 0) is 9.53 Å². The Morgan fingerprint density at radius 1 is 1.21 bits per heavy atom. The van der Waals surface area contributed by atoms with Gasteiger partial charge in [-0.2, -0.15) is 0 Å². The number of nitrogens with one attached hydrogen (secondary N) is 1. The first-order valence-electron chi connectivity index (χ1n) is 7.87. The zero-order valence-electron chi connectivity index (χ0n) is 13.1. The summed E-state index contributed by atoms with van der Waals surface area (Å²) < 4.78 is 7.04. The predicted octanol–water partition coefficient (Wildman–Crippen LogP) is 0.461. The minimum absolute atomic E-state index is 0.0268. The Morgan fingerprint density at radius 2 is 1.96 bits per heavy atom. The Kier molecular flexibility index (Phi) is 3.57. The van der Waals surface area contributed by atoms with Gasteiger partial charge in [-0.05, 0) is 24.3 Å². The number of hydrogen-bond acceptors (Lipinski definition) is 4. The Morgan fingerprint density at radius 3 is 2.54 bits per heavy atom. The Balaban J connectivity index is 1.29. The van der Waals surface area contributed by atoms with Crippen molar-refractivity contribution in [2.24, 2.45) is 5.41 Å². The van der Waals surface area contributed by atoms with Gasteiger partial charge < -0.3 is 19.5 Å². The minimum Gasteiger partial charge on any atom is -0.380 e. The summed E-state index contributed by atoms with van der Waals surface area (Å²) in [7, 11) is 0. The molecule has 124 valence electrons. The van der Waals surface area contributed by atoms with E-state index in [1.807, 2.05) is 22.9 Å². The quantitative estimate of drug-likeness (QED) is 0.886. The van der Waals surface area contributed by atoms with E-state index < -0.39 is 0 Å². The van der Waals surface area contributed by atoms with Crippen LogP contribution in [0, 0.1) is 5.41 Å². The predicted molar refractivity (Wildman–Crippen MR) is 85.7 cm³/mol. The fraction of sp³-hybridized carbons (Fsp3) is 0.353. The third-order valence-electron chi connectivity index (χ3n) is 4.55. The van der Waals surface area contributed by atoms with Gasteiger partial charge in [0, 0.05) is 36.7 Å². The van der Waals surface area contributed by atoms with Gasteiger partial charge in [0.05, 0.1) is 31.5 Å². The number of likely N-dealkylation sites (tertiary alicyclic amines) is 1. The fourth-order valence-corrected chi connectivity index (χ4v) is 3.08. The Bertz CT molecular complexity index is 743. The average Bonchev–Trinajstić information content (AvgIpc) is 3.04.